The van der Waals surface area contributed by atoms with Gasteiger partial charge in [0.1, 0.15) is 0 Å². The number of hydrogen-bond acceptors (Lipinski definition) is 0. The standard InChI is InChI=1S/C41H30/c1-41(2)37-26-13-12-18-29(37)35-24-14-25-36(40(35)41)39-33-22-10-8-20-31(33)38(32-21-9-11-23-34(32)39)30-19-7-6-17-28(30)27-15-4-3-5-16-27/h3-26H,1-2H3. The lowest BCUT2D eigenvalue weighted by atomic mass is 9.76. The zero-order valence-electron chi connectivity index (χ0n) is 23.4. The Hall–Kier alpha value is -4.94. The lowest BCUT2D eigenvalue weighted by molar-refractivity contribution is 0.662. The molecule has 0 aliphatic heterocycles. The van der Waals surface area contributed by atoms with Gasteiger partial charge < -0.3 is 0 Å². The van der Waals surface area contributed by atoms with E-state index in [4.69, 9.17) is 0 Å². The van der Waals surface area contributed by atoms with E-state index in [0.29, 0.717) is 0 Å². The summed E-state index contributed by atoms with van der Waals surface area (Å²) in [6, 6.07) is 53.5. The van der Waals surface area contributed by atoms with Crippen LogP contribution in [0.3, 0.4) is 0 Å². The predicted octanol–water partition coefficient (Wildman–Crippen LogP) is 11.3. The second-order valence-corrected chi connectivity index (χ2v) is 11.7. The molecule has 0 bridgehead atoms. The molecule has 0 unspecified atom stereocenters. The predicted molar refractivity (Wildman–Crippen MR) is 175 cm³/mol. The molecular weight excluding hydrogens is 492 g/mol. The molecule has 1 aliphatic rings. The monoisotopic (exact) mass is 522 g/mol. The minimum Gasteiger partial charge on any atom is -0.0622 e. The van der Waals surface area contributed by atoms with Crippen molar-refractivity contribution in [3.63, 3.8) is 0 Å². The molecule has 194 valence electrons. The van der Waals surface area contributed by atoms with Crippen molar-refractivity contribution in [1.82, 2.24) is 0 Å². The Balaban J connectivity index is 1.51. The molecule has 0 atom stereocenters. The summed E-state index contributed by atoms with van der Waals surface area (Å²) < 4.78 is 0. The van der Waals surface area contributed by atoms with Crippen LogP contribution in [-0.2, 0) is 5.41 Å². The lowest BCUT2D eigenvalue weighted by Crippen LogP contribution is -2.16. The first-order chi connectivity index (χ1) is 20.1. The maximum Gasteiger partial charge on any atom is 0.0165 e. The van der Waals surface area contributed by atoms with Gasteiger partial charge in [-0.25, -0.2) is 0 Å². The molecule has 1 aliphatic carbocycles. The van der Waals surface area contributed by atoms with Crippen molar-refractivity contribution in [3.05, 3.63) is 157 Å². The van der Waals surface area contributed by atoms with Crippen LogP contribution in [0.4, 0.5) is 0 Å². The third-order valence-corrected chi connectivity index (χ3v) is 9.06. The smallest absolute Gasteiger partial charge is 0.0165 e. The zero-order chi connectivity index (χ0) is 27.6. The highest BCUT2D eigenvalue weighted by molar-refractivity contribution is 6.23. The summed E-state index contributed by atoms with van der Waals surface area (Å²) in [7, 11) is 0. The van der Waals surface area contributed by atoms with Gasteiger partial charge in [-0.05, 0) is 77.2 Å². The van der Waals surface area contributed by atoms with Crippen molar-refractivity contribution >= 4 is 21.5 Å². The molecule has 0 saturated carbocycles. The SMILES string of the molecule is CC1(C)c2ccccc2-c2cccc(-c3c4ccccc4c(-c4ccccc4-c4ccccc4)c4ccccc34)c21. The first kappa shape index (κ1) is 23.9. The summed E-state index contributed by atoms with van der Waals surface area (Å²) in [6.45, 7) is 4.77. The first-order valence-electron chi connectivity index (χ1n) is 14.5. The van der Waals surface area contributed by atoms with Crippen LogP contribution in [0.2, 0.25) is 0 Å². The van der Waals surface area contributed by atoms with Crippen molar-refractivity contribution in [2.24, 2.45) is 0 Å². The van der Waals surface area contributed by atoms with Gasteiger partial charge in [0, 0.05) is 5.41 Å². The average molecular weight is 523 g/mol. The Labute approximate surface area is 241 Å². The van der Waals surface area contributed by atoms with Gasteiger partial charge in [-0.15, -0.1) is 0 Å². The zero-order valence-corrected chi connectivity index (χ0v) is 23.4. The van der Waals surface area contributed by atoms with Gasteiger partial charge in [0.05, 0.1) is 0 Å². The van der Waals surface area contributed by atoms with Crippen molar-refractivity contribution in [2.75, 3.05) is 0 Å². The third-order valence-electron chi connectivity index (χ3n) is 9.06. The molecule has 0 saturated heterocycles. The summed E-state index contributed by atoms with van der Waals surface area (Å²) in [6.07, 6.45) is 0. The van der Waals surface area contributed by atoms with E-state index in [-0.39, 0.29) is 5.41 Å². The van der Waals surface area contributed by atoms with E-state index in [9.17, 15) is 0 Å². The van der Waals surface area contributed by atoms with E-state index < -0.39 is 0 Å². The highest BCUT2D eigenvalue weighted by Gasteiger charge is 2.37. The van der Waals surface area contributed by atoms with Gasteiger partial charge in [-0.3, -0.25) is 0 Å². The number of fused-ring (bicyclic) bond motifs is 5. The molecule has 8 rings (SSSR count). The molecule has 7 aromatic rings. The van der Waals surface area contributed by atoms with Crippen LogP contribution in [0, 0.1) is 0 Å². The van der Waals surface area contributed by atoms with E-state index in [0.717, 1.165) is 0 Å². The Morgan fingerprint density at radius 2 is 0.780 bits per heavy atom. The third kappa shape index (κ3) is 3.47. The second kappa shape index (κ2) is 9.04. The minimum absolute atomic E-state index is 0.0939. The highest BCUT2D eigenvalue weighted by Crippen LogP contribution is 2.54. The largest absolute Gasteiger partial charge is 0.0622 e. The molecule has 0 heterocycles. The summed E-state index contributed by atoms with van der Waals surface area (Å²) in [5, 5.41) is 5.17. The fourth-order valence-electron chi connectivity index (χ4n) is 7.34. The van der Waals surface area contributed by atoms with Crippen LogP contribution in [0.1, 0.15) is 25.0 Å². The van der Waals surface area contributed by atoms with Crippen molar-refractivity contribution < 1.29 is 0 Å². The molecule has 0 N–H and O–H groups in total. The summed E-state index contributed by atoms with van der Waals surface area (Å²) in [4.78, 5) is 0. The van der Waals surface area contributed by atoms with Gasteiger partial charge in [0.25, 0.3) is 0 Å². The Morgan fingerprint density at radius 3 is 1.41 bits per heavy atom. The van der Waals surface area contributed by atoms with Crippen LogP contribution >= 0.6 is 0 Å². The van der Waals surface area contributed by atoms with E-state index in [1.54, 1.807) is 0 Å². The maximum atomic E-state index is 2.38. The van der Waals surface area contributed by atoms with Crippen LogP contribution < -0.4 is 0 Å². The molecular formula is C41H30. The maximum absolute atomic E-state index is 2.38. The molecule has 0 aromatic heterocycles. The molecule has 0 nitrogen and oxygen atoms in total. The Morgan fingerprint density at radius 1 is 0.341 bits per heavy atom. The van der Waals surface area contributed by atoms with Gasteiger partial charge in [0.15, 0.2) is 0 Å². The molecule has 0 heteroatoms. The van der Waals surface area contributed by atoms with Gasteiger partial charge >= 0.3 is 0 Å². The lowest BCUT2D eigenvalue weighted by Gasteiger charge is -2.26. The van der Waals surface area contributed by atoms with Gasteiger partial charge in [-0.2, -0.15) is 0 Å². The van der Waals surface area contributed by atoms with Crippen molar-refractivity contribution in [1.29, 1.82) is 0 Å². The number of rotatable bonds is 3. The van der Waals surface area contributed by atoms with E-state index in [2.05, 4.69) is 159 Å². The fraction of sp³-hybridized carbons (Fsp3) is 0.0732. The molecule has 0 spiro atoms. The molecule has 41 heavy (non-hydrogen) atoms. The van der Waals surface area contributed by atoms with Crippen LogP contribution in [0.25, 0.3) is 66.1 Å². The molecule has 0 radical (unpaired) electrons. The summed E-state index contributed by atoms with van der Waals surface area (Å²) >= 11 is 0. The van der Waals surface area contributed by atoms with Crippen molar-refractivity contribution in [3.8, 4) is 44.5 Å². The fourth-order valence-corrected chi connectivity index (χ4v) is 7.34. The summed E-state index contributed by atoms with van der Waals surface area (Å²) in [5.41, 5.74) is 13.2. The van der Waals surface area contributed by atoms with Crippen LogP contribution in [0.15, 0.2) is 146 Å². The highest BCUT2D eigenvalue weighted by atomic mass is 14.4. The van der Waals surface area contributed by atoms with Crippen molar-refractivity contribution in [2.45, 2.75) is 19.3 Å². The Kier molecular flexibility index (Phi) is 5.27. The first-order valence-corrected chi connectivity index (χ1v) is 14.5. The van der Waals surface area contributed by atoms with Crippen LogP contribution in [0.5, 0.6) is 0 Å². The normalized spacial score (nSPS) is 13.3. The van der Waals surface area contributed by atoms with E-state index in [1.165, 1.54) is 77.2 Å². The minimum atomic E-state index is -0.0939. The second-order valence-electron chi connectivity index (χ2n) is 11.7. The van der Waals surface area contributed by atoms with Gasteiger partial charge in [-0.1, -0.05) is 159 Å². The number of hydrogen-bond donors (Lipinski definition) is 0. The Bertz CT molecular complexity index is 2050. The number of benzene rings is 7. The molecule has 0 amide bonds. The molecule has 7 aromatic carbocycles. The summed E-state index contributed by atoms with van der Waals surface area (Å²) in [5.74, 6) is 0. The van der Waals surface area contributed by atoms with Gasteiger partial charge in [0.2, 0.25) is 0 Å². The van der Waals surface area contributed by atoms with E-state index >= 15 is 0 Å². The van der Waals surface area contributed by atoms with Crippen LogP contribution in [-0.4, -0.2) is 0 Å². The van der Waals surface area contributed by atoms with E-state index in [1.807, 2.05) is 0 Å². The topological polar surface area (TPSA) is 0 Å². The quantitative estimate of drug-likeness (QED) is 0.202. The molecule has 0 fully saturated rings. The average Bonchev–Trinajstić information content (AvgIpc) is 3.27.